The van der Waals surface area contributed by atoms with Gasteiger partial charge in [0.2, 0.25) is 0 Å². The molecular formula is C22H22N4O2. The number of hydrogen-bond donors (Lipinski definition) is 2. The highest BCUT2D eigenvalue weighted by molar-refractivity contribution is 5.92. The van der Waals surface area contributed by atoms with Gasteiger partial charge in [-0.25, -0.2) is 9.97 Å². The van der Waals surface area contributed by atoms with E-state index in [-0.39, 0.29) is 0 Å². The standard InChI is InChI=1S/C22H22N4O2/c1-27-19-10-16-18(11-20(19)28-2)25-21(13-6-7-13)26-22(16)24-12-14-4-3-5-17-15(14)8-9-23-17/h3-5,8-11,13,23H,6-7,12H2,1-2H3,(H,24,25,26). The van der Waals surface area contributed by atoms with Gasteiger partial charge in [0.15, 0.2) is 11.5 Å². The molecule has 0 saturated heterocycles. The zero-order chi connectivity index (χ0) is 19.1. The fourth-order valence-corrected chi connectivity index (χ4v) is 3.62. The molecule has 1 fully saturated rings. The summed E-state index contributed by atoms with van der Waals surface area (Å²) in [5.74, 6) is 3.56. The minimum absolute atomic E-state index is 0.464. The topological polar surface area (TPSA) is 72.1 Å². The molecule has 2 heterocycles. The summed E-state index contributed by atoms with van der Waals surface area (Å²) in [6.07, 6.45) is 4.28. The monoisotopic (exact) mass is 374 g/mol. The number of aromatic nitrogens is 3. The molecule has 0 aliphatic heterocycles. The molecule has 1 saturated carbocycles. The molecule has 28 heavy (non-hydrogen) atoms. The second-order valence-electron chi connectivity index (χ2n) is 7.14. The molecule has 4 aromatic rings. The van der Waals surface area contributed by atoms with Gasteiger partial charge in [-0.05, 0) is 36.6 Å². The van der Waals surface area contributed by atoms with E-state index in [1.54, 1.807) is 14.2 Å². The summed E-state index contributed by atoms with van der Waals surface area (Å²) in [5, 5.41) is 5.69. The van der Waals surface area contributed by atoms with Crippen molar-refractivity contribution in [3.8, 4) is 11.5 Å². The van der Waals surface area contributed by atoms with Gasteiger partial charge in [0.1, 0.15) is 11.6 Å². The van der Waals surface area contributed by atoms with Crippen LogP contribution in [-0.4, -0.2) is 29.2 Å². The lowest BCUT2D eigenvalue weighted by Crippen LogP contribution is -2.06. The molecule has 142 valence electrons. The predicted molar refractivity (Wildman–Crippen MR) is 110 cm³/mol. The van der Waals surface area contributed by atoms with Gasteiger partial charge in [-0.15, -0.1) is 0 Å². The van der Waals surface area contributed by atoms with Crippen molar-refractivity contribution in [3.63, 3.8) is 0 Å². The molecule has 5 rings (SSSR count). The Bertz CT molecular complexity index is 1160. The van der Waals surface area contributed by atoms with Crippen LogP contribution in [0.25, 0.3) is 21.8 Å². The van der Waals surface area contributed by atoms with Crippen molar-refractivity contribution in [2.75, 3.05) is 19.5 Å². The van der Waals surface area contributed by atoms with Crippen LogP contribution in [-0.2, 0) is 6.54 Å². The first kappa shape index (κ1) is 16.9. The van der Waals surface area contributed by atoms with Crippen molar-refractivity contribution in [2.45, 2.75) is 25.3 Å². The lowest BCUT2D eigenvalue weighted by atomic mass is 10.1. The largest absolute Gasteiger partial charge is 0.493 e. The minimum atomic E-state index is 0.464. The summed E-state index contributed by atoms with van der Waals surface area (Å²) in [5.41, 5.74) is 3.23. The lowest BCUT2D eigenvalue weighted by molar-refractivity contribution is 0.356. The third-order valence-electron chi connectivity index (χ3n) is 5.29. The zero-order valence-electron chi connectivity index (χ0n) is 16.0. The van der Waals surface area contributed by atoms with Crippen LogP contribution in [0.5, 0.6) is 11.5 Å². The fourth-order valence-electron chi connectivity index (χ4n) is 3.62. The normalized spacial score (nSPS) is 13.8. The van der Waals surface area contributed by atoms with Crippen molar-refractivity contribution >= 4 is 27.6 Å². The van der Waals surface area contributed by atoms with Gasteiger partial charge in [0, 0.05) is 41.0 Å². The molecule has 2 aromatic heterocycles. The van der Waals surface area contributed by atoms with Crippen LogP contribution in [0.3, 0.4) is 0 Å². The number of hydrogen-bond acceptors (Lipinski definition) is 5. The maximum Gasteiger partial charge on any atom is 0.162 e. The second-order valence-corrected chi connectivity index (χ2v) is 7.14. The first-order chi connectivity index (χ1) is 13.8. The molecule has 0 unspecified atom stereocenters. The molecule has 1 aliphatic rings. The lowest BCUT2D eigenvalue weighted by Gasteiger charge is -2.14. The number of ether oxygens (including phenoxy) is 2. The number of nitrogens with zero attached hydrogens (tertiary/aromatic N) is 2. The van der Waals surface area contributed by atoms with E-state index in [1.807, 2.05) is 18.3 Å². The third kappa shape index (κ3) is 2.91. The van der Waals surface area contributed by atoms with E-state index >= 15 is 0 Å². The number of aromatic amines is 1. The summed E-state index contributed by atoms with van der Waals surface area (Å²) in [4.78, 5) is 12.9. The minimum Gasteiger partial charge on any atom is -0.493 e. The number of benzene rings is 2. The van der Waals surface area contributed by atoms with E-state index in [2.05, 4.69) is 34.6 Å². The van der Waals surface area contributed by atoms with Gasteiger partial charge in [-0.1, -0.05) is 12.1 Å². The smallest absolute Gasteiger partial charge is 0.162 e. The van der Waals surface area contributed by atoms with Crippen LogP contribution in [0.1, 0.15) is 30.1 Å². The van der Waals surface area contributed by atoms with Gasteiger partial charge in [0.05, 0.1) is 19.7 Å². The van der Waals surface area contributed by atoms with Crippen LogP contribution >= 0.6 is 0 Å². The Morgan fingerprint density at radius 2 is 1.86 bits per heavy atom. The maximum absolute atomic E-state index is 5.49. The van der Waals surface area contributed by atoms with E-state index in [0.29, 0.717) is 24.0 Å². The molecule has 0 bridgehead atoms. The molecule has 0 spiro atoms. The van der Waals surface area contributed by atoms with Crippen LogP contribution < -0.4 is 14.8 Å². The van der Waals surface area contributed by atoms with E-state index in [0.717, 1.165) is 40.9 Å². The second kappa shape index (κ2) is 6.71. The number of fused-ring (bicyclic) bond motifs is 2. The molecular weight excluding hydrogens is 352 g/mol. The number of anilines is 1. The number of rotatable bonds is 6. The molecule has 2 aromatic carbocycles. The fraction of sp³-hybridized carbons (Fsp3) is 0.273. The van der Waals surface area contributed by atoms with Gasteiger partial charge in [0.25, 0.3) is 0 Å². The summed E-state index contributed by atoms with van der Waals surface area (Å²) in [7, 11) is 3.28. The molecule has 2 N–H and O–H groups in total. The van der Waals surface area contributed by atoms with Crippen molar-refractivity contribution in [1.29, 1.82) is 0 Å². The van der Waals surface area contributed by atoms with Gasteiger partial charge >= 0.3 is 0 Å². The maximum atomic E-state index is 5.49. The average molecular weight is 374 g/mol. The Balaban J connectivity index is 1.57. The average Bonchev–Trinajstić information content (AvgIpc) is 3.47. The molecule has 1 aliphatic carbocycles. The third-order valence-corrected chi connectivity index (χ3v) is 5.29. The van der Waals surface area contributed by atoms with Crippen molar-refractivity contribution in [1.82, 2.24) is 15.0 Å². The summed E-state index contributed by atoms with van der Waals surface area (Å²) in [6, 6.07) is 12.3. The Morgan fingerprint density at radius 1 is 1.04 bits per heavy atom. The Hall–Kier alpha value is -3.28. The first-order valence-corrected chi connectivity index (χ1v) is 9.49. The molecule has 6 nitrogen and oxygen atoms in total. The molecule has 6 heteroatoms. The quantitative estimate of drug-likeness (QED) is 0.515. The summed E-state index contributed by atoms with van der Waals surface area (Å²) >= 11 is 0. The highest BCUT2D eigenvalue weighted by Crippen LogP contribution is 2.41. The van der Waals surface area contributed by atoms with Gasteiger partial charge < -0.3 is 19.8 Å². The Kier molecular flexibility index (Phi) is 4.04. The van der Waals surface area contributed by atoms with Crippen molar-refractivity contribution in [2.24, 2.45) is 0 Å². The van der Waals surface area contributed by atoms with Gasteiger partial charge in [-0.3, -0.25) is 0 Å². The van der Waals surface area contributed by atoms with Crippen LogP contribution in [0.4, 0.5) is 5.82 Å². The summed E-state index contributed by atoms with van der Waals surface area (Å²) < 4.78 is 10.9. The number of methoxy groups -OCH3 is 2. The number of nitrogens with one attached hydrogen (secondary N) is 2. The van der Waals surface area contributed by atoms with Crippen LogP contribution in [0, 0.1) is 0 Å². The highest BCUT2D eigenvalue weighted by atomic mass is 16.5. The Morgan fingerprint density at radius 3 is 2.64 bits per heavy atom. The van der Waals surface area contributed by atoms with E-state index in [9.17, 15) is 0 Å². The van der Waals surface area contributed by atoms with Crippen LogP contribution in [0.15, 0.2) is 42.6 Å². The zero-order valence-corrected chi connectivity index (χ0v) is 16.0. The Labute approximate surface area is 162 Å². The van der Waals surface area contributed by atoms with E-state index < -0.39 is 0 Å². The van der Waals surface area contributed by atoms with E-state index in [1.165, 1.54) is 10.9 Å². The molecule has 0 radical (unpaired) electrons. The SMILES string of the molecule is COc1cc2nc(C3CC3)nc(NCc3cccc4[nH]ccc34)c2cc1OC. The molecule has 0 atom stereocenters. The van der Waals surface area contributed by atoms with Crippen molar-refractivity contribution < 1.29 is 9.47 Å². The molecule has 0 amide bonds. The summed E-state index contributed by atoms with van der Waals surface area (Å²) in [6.45, 7) is 0.680. The number of H-pyrrole nitrogens is 1. The predicted octanol–water partition coefficient (Wildman–Crippen LogP) is 4.62. The van der Waals surface area contributed by atoms with Gasteiger partial charge in [-0.2, -0.15) is 0 Å². The van der Waals surface area contributed by atoms with Crippen molar-refractivity contribution in [3.05, 3.63) is 54.0 Å². The van der Waals surface area contributed by atoms with E-state index in [4.69, 9.17) is 19.4 Å². The first-order valence-electron chi connectivity index (χ1n) is 9.49. The van der Waals surface area contributed by atoms with Crippen LogP contribution in [0.2, 0.25) is 0 Å². The highest BCUT2D eigenvalue weighted by Gasteiger charge is 2.28.